The van der Waals surface area contributed by atoms with E-state index in [2.05, 4.69) is 15.5 Å². The number of ether oxygens (including phenoxy) is 1. The van der Waals surface area contributed by atoms with E-state index in [0.717, 1.165) is 10.6 Å². The third-order valence-electron chi connectivity index (χ3n) is 3.17. The van der Waals surface area contributed by atoms with Gasteiger partial charge in [-0.2, -0.15) is 0 Å². The summed E-state index contributed by atoms with van der Waals surface area (Å²) in [6.07, 6.45) is 0. The van der Waals surface area contributed by atoms with Crippen molar-refractivity contribution in [1.82, 2.24) is 10.2 Å². The summed E-state index contributed by atoms with van der Waals surface area (Å²) < 4.78 is 5.39. The molecular formula is C17H14ClN3O2S. The maximum atomic E-state index is 11.9. The van der Waals surface area contributed by atoms with Gasteiger partial charge in [-0.15, -0.1) is 10.2 Å². The molecule has 3 rings (SSSR count). The highest BCUT2D eigenvalue weighted by Gasteiger charge is 2.11. The molecule has 1 amide bonds. The van der Waals surface area contributed by atoms with Gasteiger partial charge in [0.25, 0.3) is 5.91 Å². The van der Waals surface area contributed by atoms with Gasteiger partial charge in [-0.25, -0.2) is 0 Å². The molecule has 1 N–H and O–H groups in total. The summed E-state index contributed by atoms with van der Waals surface area (Å²) >= 11 is 7.28. The van der Waals surface area contributed by atoms with E-state index < -0.39 is 0 Å². The molecule has 7 heteroatoms. The second kappa shape index (κ2) is 7.42. The van der Waals surface area contributed by atoms with Gasteiger partial charge in [-0.1, -0.05) is 64.9 Å². The Hall–Kier alpha value is -2.44. The normalized spacial score (nSPS) is 10.4. The lowest BCUT2D eigenvalue weighted by Crippen LogP contribution is -2.20. The molecule has 0 aliphatic rings. The third-order valence-corrected chi connectivity index (χ3v) is 4.37. The molecule has 1 heterocycles. The fourth-order valence-electron chi connectivity index (χ4n) is 1.95. The van der Waals surface area contributed by atoms with Gasteiger partial charge in [-0.05, 0) is 19.1 Å². The average molecular weight is 360 g/mol. The van der Waals surface area contributed by atoms with Crippen molar-refractivity contribution in [2.45, 2.75) is 6.92 Å². The van der Waals surface area contributed by atoms with Crippen LogP contribution in [0.15, 0.2) is 48.5 Å². The highest BCUT2D eigenvalue weighted by molar-refractivity contribution is 7.18. The lowest BCUT2D eigenvalue weighted by Gasteiger charge is -2.06. The molecule has 0 fully saturated rings. The monoisotopic (exact) mass is 359 g/mol. The Kier molecular flexibility index (Phi) is 5.08. The predicted molar refractivity (Wildman–Crippen MR) is 95.7 cm³/mol. The van der Waals surface area contributed by atoms with E-state index >= 15 is 0 Å². The standard InChI is InChI=1S/C17H14ClN3O2S/c1-11-6-8-12(9-7-11)16-20-21-17(24-16)19-15(22)10-23-14-5-3-2-4-13(14)18/h2-9H,10H2,1H3,(H,19,21,22). The highest BCUT2D eigenvalue weighted by Crippen LogP contribution is 2.26. The molecule has 3 aromatic rings. The van der Waals surface area contributed by atoms with E-state index in [1.807, 2.05) is 31.2 Å². The second-order valence-corrected chi connectivity index (χ2v) is 6.43. The van der Waals surface area contributed by atoms with Gasteiger partial charge in [0, 0.05) is 5.56 Å². The highest BCUT2D eigenvalue weighted by atomic mass is 35.5. The molecule has 0 saturated heterocycles. The van der Waals surface area contributed by atoms with E-state index in [-0.39, 0.29) is 12.5 Å². The quantitative estimate of drug-likeness (QED) is 0.742. The number of carbonyl (C=O) groups is 1. The van der Waals surface area contributed by atoms with Crippen molar-refractivity contribution in [1.29, 1.82) is 0 Å². The first kappa shape index (κ1) is 16.4. The largest absolute Gasteiger partial charge is 0.482 e. The first-order valence-electron chi connectivity index (χ1n) is 7.19. The minimum Gasteiger partial charge on any atom is -0.482 e. The number of benzene rings is 2. The van der Waals surface area contributed by atoms with Crippen molar-refractivity contribution in [2.75, 3.05) is 11.9 Å². The number of nitrogens with one attached hydrogen (secondary N) is 1. The van der Waals surface area contributed by atoms with Gasteiger partial charge in [0.1, 0.15) is 10.8 Å². The fourth-order valence-corrected chi connectivity index (χ4v) is 2.90. The lowest BCUT2D eigenvalue weighted by molar-refractivity contribution is -0.118. The minimum absolute atomic E-state index is 0.150. The summed E-state index contributed by atoms with van der Waals surface area (Å²) in [5.74, 6) is 0.147. The van der Waals surface area contributed by atoms with Crippen molar-refractivity contribution in [3.8, 4) is 16.3 Å². The summed E-state index contributed by atoms with van der Waals surface area (Å²) in [7, 11) is 0. The Morgan fingerprint density at radius 3 is 2.67 bits per heavy atom. The zero-order chi connectivity index (χ0) is 16.9. The Morgan fingerprint density at radius 1 is 1.17 bits per heavy atom. The smallest absolute Gasteiger partial charge is 0.264 e. The van der Waals surface area contributed by atoms with Crippen LogP contribution in [0.25, 0.3) is 10.6 Å². The van der Waals surface area contributed by atoms with Gasteiger partial charge in [0.15, 0.2) is 6.61 Å². The van der Waals surface area contributed by atoms with Crippen LogP contribution in [0.1, 0.15) is 5.56 Å². The molecule has 0 aliphatic heterocycles. The first-order chi connectivity index (χ1) is 11.6. The zero-order valence-corrected chi connectivity index (χ0v) is 14.4. The molecule has 0 radical (unpaired) electrons. The maximum absolute atomic E-state index is 11.9. The van der Waals surface area contributed by atoms with Crippen LogP contribution in [-0.4, -0.2) is 22.7 Å². The Balaban J connectivity index is 1.59. The average Bonchev–Trinajstić information content (AvgIpc) is 3.03. The molecule has 2 aromatic carbocycles. The molecule has 122 valence electrons. The molecule has 0 spiro atoms. The van der Waals surface area contributed by atoms with Crippen molar-refractivity contribution >= 4 is 34.0 Å². The van der Waals surface area contributed by atoms with Crippen molar-refractivity contribution < 1.29 is 9.53 Å². The summed E-state index contributed by atoms with van der Waals surface area (Å²) in [4.78, 5) is 11.9. The van der Waals surface area contributed by atoms with E-state index in [0.29, 0.717) is 15.9 Å². The Labute approximate surface area is 148 Å². The van der Waals surface area contributed by atoms with Gasteiger partial charge in [-0.3, -0.25) is 10.1 Å². The van der Waals surface area contributed by atoms with Gasteiger partial charge < -0.3 is 4.74 Å². The number of carbonyl (C=O) groups excluding carboxylic acids is 1. The van der Waals surface area contributed by atoms with Crippen molar-refractivity contribution in [3.05, 3.63) is 59.1 Å². The van der Waals surface area contributed by atoms with Crippen LogP contribution in [-0.2, 0) is 4.79 Å². The molecule has 24 heavy (non-hydrogen) atoms. The summed E-state index contributed by atoms with van der Waals surface area (Å²) in [5, 5.41) is 12.4. The van der Waals surface area contributed by atoms with E-state index in [1.54, 1.807) is 24.3 Å². The minimum atomic E-state index is -0.318. The molecule has 0 aliphatic carbocycles. The number of aryl methyl sites for hydroxylation is 1. The number of halogens is 1. The third kappa shape index (κ3) is 4.10. The SMILES string of the molecule is Cc1ccc(-c2nnc(NC(=O)COc3ccccc3Cl)s2)cc1. The number of hydrogen-bond acceptors (Lipinski definition) is 5. The predicted octanol–water partition coefficient (Wildman–Crippen LogP) is 4.18. The number of rotatable bonds is 5. The first-order valence-corrected chi connectivity index (χ1v) is 8.39. The summed E-state index contributed by atoms with van der Waals surface area (Å²) in [5.41, 5.74) is 2.14. The van der Waals surface area contributed by atoms with Crippen LogP contribution in [0.2, 0.25) is 5.02 Å². The van der Waals surface area contributed by atoms with Crippen molar-refractivity contribution in [2.24, 2.45) is 0 Å². The number of amides is 1. The van der Waals surface area contributed by atoms with Crippen LogP contribution in [0.5, 0.6) is 5.75 Å². The molecule has 0 bridgehead atoms. The number of anilines is 1. The van der Waals surface area contributed by atoms with Gasteiger partial charge in [0.05, 0.1) is 5.02 Å². The molecule has 0 saturated carbocycles. The fraction of sp³-hybridized carbons (Fsp3) is 0.118. The van der Waals surface area contributed by atoms with Crippen molar-refractivity contribution in [3.63, 3.8) is 0 Å². The lowest BCUT2D eigenvalue weighted by atomic mass is 10.2. The zero-order valence-electron chi connectivity index (χ0n) is 12.8. The topological polar surface area (TPSA) is 64.1 Å². The number of hydrogen-bond donors (Lipinski definition) is 1. The molecule has 1 aromatic heterocycles. The Morgan fingerprint density at radius 2 is 1.92 bits per heavy atom. The van der Waals surface area contributed by atoms with E-state index in [1.165, 1.54) is 16.9 Å². The number of para-hydroxylation sites is 1. The molecule has 0 unspecified atom stereocenters. The molecule has 0 atom stereocenters. The van der Waals surface area contributed by atoms with Gasteiger partial charge >= 0.3 is 0 Å². The van der Waals surface area contributed by atoms with Crippen LogP contribution in [0.3, 0.4) is 0 Å². The maximum Gasteiger partial charge on any atom is 0.264 e. The van der Waals surface area contributed by atoms with Crippen LogP contribution < -0.4 is 10.1 Å². The number of nitrogens with zero attached hydrogens (tertiary/aromatic N) is 2. The van der Waals surface area contributed by atoms with Crippen LogP contribution in [0.4, 0.5) is 5.13 Å². The molecular weight excluding hydrogens is 346 g/mol. The van der Waals surface area contributed by atoms with Crippen LogP contribution in [0, 0.1) is 6.92 Å². The summed E-state index contributed by atoms with van der Waals surface area (Å²) in [6, 6.07) is 15.0. The second-order valence-electron chi connectivity index (χ2n) is 5.05. The van der Waals surface area contributed by atoms with E-state index in [9.17, 15) is 4.79 Å². The number of aromatic nitrogens is 2. The van der Waals surface area contributed by atoms with E-state index in [4.69, 9.17) is 16.3 Å². The van der Waals surface area contributed by atoms with Crippen LogP contribution >= 0.6 is 22.9 Å². The summed E-state index contributed by atoms with van der Waals surface area (Å²) in [6.45, 7) is 1.87. The van der Waals surface area contributed by atoms with Gasteiger partial charge in [0.2, 0.25) is 5.13 Å². The molecule has 5 nitrogen and oxygen atoms in total. The Bertz CT molecular complexity index is 849.